The van der Waals surface area contributed by atoms with Crippen molar-refractivity contribution in [2.24, 2.45) is 11.1 Å². The van der Waals surface area contributed by atoms with Crippen LogP contribution in [0.15, 0.2) is 5.16 Å². The molecule has 0 saturated carbocycles. The van der Waals surface area contributed by atoms with Crippen LogP contribution < -0.4 is 35.9 Å². The van der Waals surface area contributed by atoms with Crippen LogP contribution in [0.5, 0.6) is 0 Å². The Balaban J connectivity index is 0. The van der Waals surface area contributed by atoms with E-state index >= 15 is 0 Å². The standard InChI is InChI=1S/C6H13N3O.2ClH/c1-10-9-6-4-8-3-5(6)2-7;;/h5,8H,2-4,7H2,1H3;2*1H/b9-6+;;. The number of nitrogens with zero attached hydrogens (tertiary/aromatic N) is 1. The van der Waals surface area contributed by atoms with E-state index in [1.807, 2.05) is 0 Å². The van der Waals surface area contributed by atoms with Gasteiger partial charge in [-0.05, 0) is 0 Å². The number of halogens is 2. The van der Waals surface area contributed by atoms with Crippen molar-refractivity contribution in [3.05, 3.63) is 0 Å². The first kappa shape index (κ1) is 14.5. The summed E-state index contributed by atoms with van der Waals surface area (Å²) < 4.78 is 0. The highest BCUT2D eigenvalue weighted by atomic mass is 35.5. The van der Waals surface area contributed by atoms with Crippen molar-refractivity contribution in [2.75, 3.05) is 26.7 Å². The van der Waals surface area contributed by atoms with Crippen LogP contribution in [0.3, 0.4) is 0 Å². The molecule has 12 heavy (non-hydrogen) atoms. The van der Waals surface area contributed by atoms with Crippen molar-refractivity contribution in [3.8, 4) is 0 Å². The van der Waals surface area contributed by atoms with Gasteiger partial charge in [0.2, 0.25) is 0 Å². The maximum Gasteiger partial charge on any atom is 0.125 e. The van der Waals surface area contributed by atoms with Gasteiger partial charge in [0.25, 0.3) is 0 Å². The summed E-state index contributed by atoms with van der Waals surface area (Å²) in [5.41, 5.74) is 4.99. The van der Waals surface area contributed by atoms with Crippen LogP contribution in [-0.4, -0.2) is 32.5 Å². The molecule has 0 aliphatic carbocycles. The summed E-state index contributed by atoms with van der Waals surface area (Å²) in [5, 5.41) is 6.15. The zero-order valence-electron chi connectivity index (χ0n) is 7.09. The number of quaternary nitrogens is 2. The predicted octanol–water partition coefficient (Wildman–Crippen LogP) is -8.57. The molecular weight excluding hydrogens is 201 g/mol. The lowest BCUT2D eigenvalue weighted by Gasteiger charge is -1.98. The lowest BCUT2D eigenvalue weighted by Crippen LogP contribution is -3.00. The van der Waals surface area contributed by atoms with E-state index in [0.29, 0.717) is 5.92 Å². The number of nitrogens with two attached hydrogens (primary N) is 1. The largest absolute Gasteiger partial charge is 1.00 e. The normalized spacial score (nSPS) is 24.5. The first-order valence-electron chi connectivity index (χ1n) is 3.59. The Kier molecular flexibility index (Phi) is 9.19. The molecule has 1 atom stereocenters. The molecule has 1 saturated heterocycles. The van der Waals surface area contributed by atoms with Crippen LogP contribution in [0.25, 0.3) is 0 Å². The van der Waals surface area contributed by atoms with Crippen molar-refractivity contribution in [1.82, 2.24) is 0 Å². The van der Waals surface area contributed by atoms with Gasteiger partial charge in [-0.3, -0.25) is 0 Å². The summed E-state index contributed by atoms with van der Waals surface area (Å²) in [6.07, 6.45) is 0. The molecule has 4 nitrogen and oxygen atoms in total. The van der Waals surface area contributed by atoms with Gasteiger partial charge in [0.1, 0.15) is 25.3 Å². The fraction of sp³-hybridized carbons (Fsp3) is 0.833. The molecule has 1 rings (SSSR count). The minimum absolute atomic E-state index is 0. The molecule has 5 N–H and O–H groups in total. The van der Waals surface area contributed by atoms with Gasteiger partial charge in [-0.15, -0.1) is 0 Å². The highest BCUT2D eigenvalue weighted by Gasteiger charge is 2.26. The van der Waals surface area contributed by atoms with E-state index in [-0.39, 0.29) is 24.8 Å². The highest BCUT2D eigenvalue weighted by Crippen LogP contribution is 1.97. The zero-order valence-corrected chi connectivity index (χ0v) is 8.61. The van der Waals surface area contributed by atoms with Crippen molar-refractivity contribution < 1.29 is 40.7 Å². The molecule has 6 heteroatoms. The van der Waals surface area contributed by atoms with Crippen molar-refractivity contribution >= 4 is 5.71 Å². The fourth-order valence-electron chi connectivity index (χ4n) is 1.25. The van der Waals surface area contributed by atoms with Gasteiger partial charge in [-0.1, -0.05) is 5.16 Å². The number of rotatable bonds is 2. The summed E-state index contributed by atoms with van der Waals surface area (Å²) in [6, 6.07) is 0. The summed E-state index contributed by atoms with van der Waals surface area (Å²) in [6.45, 7) is 3.03. The third kappa shape index (κ3) is 3.58. The zero-order chi connectivity index (χ0) is 7.40. The maximum absolute atomic E-state index is 4.70. The first-order valence-corrected chi connectivity index (χ1v) is 3.59. The molecule has 1 heterocycles. The topological polar surface area (TPSA) is 65.8 Å². The van der Waals surface area contributed by atoms with Gasteiger partial charge in [0.05, 0.1) is 13.1 Å². The van der Waals surface area contributed by atoms with E-state index in [9.17, 15) is 0 Å². The van der Waals surface area contributed by atoms with Crippen LogP contribution in [0.4, 0.5) is 0 Å². The lowest BCUT2D eigenvalue weighted by molar-refractivity contribution is -0.635. The third-order valence-electron chi connectivity index (χ3n) is 1.83. The van der Waals surface area contributed by atoms with E-state index in [0.717, 1.165) is 25.3 Å². The van der Waals surface area contributed by atoms with Gasteiger partial charge < -0.3 is 40.7 Å². The Morgan fingerprint density at radius 3 is 2.83 bits per heavy atom. The van der Waals surface area contributed by atoms with Gasteiger partial charge >= 0.3 is 0 Å². The van der Waals surface area contributed by atoms with Crippen molar-refractivity contribution in [3.63, 3.8) is 0 Å². The number of hydrogen-bond acceptors (Lipinski definition) is 2. The van der Waals surface area contributed by atoms with Crippen LogP contribution >= 0.6 is 0 Å². The SMILES string of the molecule is CO/N=C1\C[NH2+]CC1C[NH3+].[Cl-].[Cl-]. The Morgan fingerprint density at radius 2 is 2.33 bits per heavy atom. The minimum Gasteiger partial charge on any atom is -1.00 e. The maximum atomic E-state index is 4.70. The Morgan fingerprint density at radius 1 is 1.67 bits per heavy atom. The molecular formula is C6H15Cl2N3O. The lowest BCUT2D eigenvalue weighted by atomic mass is 10.1. The molecule has 0 aromatic rings. The van der Waals surface area contributed by atoms with Crippen molar-refractivity contribution in [1.29, 1.82) is 0 Å². The van der Waals surface area contributed by atoms with Crippen LogP contribution in [0.2, 0.25) is 0 Å². The molecule has 0 aromatic heterocycles. The molecule has 1 fully saturated rings. The molecule has 0 aromatic carbocycles. The molecule has 1 aliphatic heterocycles. The molecule has 74 valence electrons. The van der Waals surface area contributed by atoms with E-state index in [1.54, 1.807) is 7.11 Å². The average Bonchev–Trinajstić information content (AvgIpc) is 2.36. The molecule has 1 aliphatic rings. The third-order valence-corrected chi connectivity index (χ3v) is 1.83. The Bertz CT molecular complexity index is 143. The van der Waals surface area contributed by atoms with Gasteiger partial charge in [0.15, 0.2) is 0 Å². The quantitative estimate of drug-likeness (QED) is 0.442. The predicted molar refractivity (Wildman–Crippen MR) is 37.3 cm³/mol. The molecule has 1 unspecified atom stereocenters. The van der Waals surface area contributed by atoms with E-state index in [4.69, 9.17) is 4.84 Å². The van der Waals surface area contributed by atoms with Crippen LogP contribution in [0.1, 0.15) is 0 Å². The Labute approximate surface area is 84.7 Å². The summed E-state index contributed by atoms with van der Waals surface area (Å²) in [7, 11) is 1.59. The second-order valence-corrected chi connectivity index (χ2v) is 2.48. The smallest absolute Gasteiger partial charge is 0.125 e. The summed E-state index contributed by atoms with van der Waals surface area (Å²) in [4.78, 5) is 4.70. The first-order chi connectivity index (χ1) is 4.88. The van der Waals surface area contributed by atoms with Gasteiger partial charge in [0, 0.05) is 0 Å². The monoisotopic (exact) mass is 215 g/mol. The van der Waals surface area contributed by atoms with Gasteiger partial charge in [-0.25, -0.2) is 0 Å². The van der Waals surface area contributed by atoms with E-state index in [2.05, 4.69) is 16.2 Å². The molecule has 0 spiro atoms. The average molecular weight is 216 g/mol. The number of oxime groups is 1. The molecule has 0 radical (unpaired) electrons. The van der Waals surface area contributed by atoms with E-state index < -0.39 is 0 Å². The fourth-order valence-corrected chi connectivity index (χ4v) is 1.25. The molecule has 0 bridgehead atoms. The second kappa shape index (κ2) is 7.61. The van der Waals surface area contributed by atoms with Gasteiger partial charge in [-0.2, -0.15) is 0 Å². The minimum atomic E-state index is 0. The summed E-state index contributed by atoms with van der Waals surface area (Å²) in [5.74, 6) is 0.542. The van der Waals surface area contributed by atoms with Crippen LogP contribution in [-0.2, 0) is 4.84 Å². The van der Waals surface area contributed by atoms with Crippen molar-refractivity contribution in [2.45, 2.75) is 0 Å². The number of hydrogen-bond donors (Lipinski definition) is 2. The van der Waals surface area contributed by atoms with E-state index in [1.165, 1.54) is 0 Å². The Hall–Kier alpha value is -0.0300. The molecule has 0 amide bonds. The highest BCUT2D eigenvalue weighted by molar-refractivity contribution is 5.88. The summed E-state index contributed by atoms with van der Waals surface area (Å²) >= 11 is 0. The van der Waals surface area contributed by atoms with Crippen LogP contribution in [0, 0.1) is 5.92 Å². The second-order valence-electron chi connectivity index (χ2n) is 2.48.